The van der Waals surface area contributed by atoms with Crippen molar-refractivity contribution in [3.8, 4) is 0 Å². The summed E-state index contributed by atoms with van der Waals surface area (Å²) in [6, 6.07) is 0.579. The Bertz CT molecular complexity index is 239. The third-order valence-corrected chi connectivity index (χ3v) is 4.92. The molecule has 0 bridgehead atoms. The minimum Gasteiger partial charge on any atom is -0.376 e. The van der Waals surface area contributed by atoms with E-state index in [0.717, 1.165) is 25.0 Å². The number of rotatable bonds is 6. The van der Waals surface area contributed by atoms with E-state index in [0.29, 0.717) is 18.1 Å². The van der Waals surface area contributed by atoms with Gasteiger partial charge in [0.25, 0.3) is 0 Å². The molecule has 2 nitrogen and oxygen atoms in total. The van der Waals surface area contributed by atoms with E-state index in [1.807, 2.05) is 0 Å². The summed E-state index contributed by atoms with van der Waals surface area (Å²) >= 11 is 0. The van der Waals surface area contributed by atoms with Crippen molar-refractivity contribution in [2.24, 2.45) is 17.8 Å². The molecule has 106 valence electrons. The Morgan fingerprint density at radius 1 is 1.17 bits per heavy atom. The van der Waals surface area contributed by atoms with Crippen LogP contribution in [0.1, 0.15) is 59.3 Å². The van der Waals surface area contributed by atoms with Gasteiger partial charge >= 0.3 is 0 Å². The van der Waals surface area contributed by atoms with E-state index in [-0.39, 0.29) is 0 Å². The van der Waals surface area contributed by atoms with Gasteiger partial charge in [0.2, 0.25) is 0 Å². The molecule has 0 aliphatic heterocycles. The van der Waals surface area contributed by atoms with Crippen molar-refractivity contribution in [2.75, 3.05) is 13.2 Å². The topological polar surface area (TPSA) is 21.3 Å². The van der Waals surface area contributed by atoms with Crippen LogP contribution in [0.15, 0.2) is 0 Å². The van der Waals surface area contributed by atoms with Gasteiger partial charge in [-0.15, -0.1) is 0 Å². The summed E-state index contributed by atoms with van der Waals surface area (Å²) in [5, 5.41) is 3.64. The van der Waals surface area contributed by atoms with E-state index in [9.17, 15) is 0 Å². The lowest BCUT2D eigenvalue weighted by Crippen LogP contribution is -2.49. The SMILES string of the molecule is CCNC1CC(C)CC(C)C1OCCC1CCC1. The molecule has 1 N–H and O–H groups in total. The van der Waals surface area contributed by atoms with Crippen LogP contribution in [0, 0.1) is 17.8 Å². The van der Waals surface area contributed by atoms with Crippen LogP contribution in [-0.4, -0.2) is 25.3 Å². The quantitative estimate of drug-likeness (QED) is 0.781. The smallest absolute Gasteiger partial charge is 0.0753 e. The summed E-state index contributed by atoms with van der Waals surface area (Å²) in [4.78, 5) is 0. The summed E-state index contributed by atoms with van der Waals surface area (Å²) in [7, 11) is 0. The van der Waals surface area contributed by atoms with Gasteiger partial charge in [-0.25, -0.2) is 0 Å². The maximum atomic E-state index is 6.25. The van der Waals surface area contributed by atoms with Crippen LogP contribution in [0.5, 0.6) is 0 Å². The van der Waals surface area contributed by atoms with Gasteiger partial charge in [0, 0.05) is 12.6 Å². The highest BCUT2D eigenvalue weighted by molar-refractivity contribution is 4.88. The first-order valence-corrected chi connectivity index (χ1v) is 8.05. The largest absolute Gasteiger partial charge is 0.376 e. The van der Waals surface area contributed by atoms with Gasteiger partial charge in [-0.1, -0.05) is 40.0 Å². The summed E-state index contributed by atoms with van der Waals surface area (Å²) in [6.07, 6.45) is 8.68. The fourth-order valence-corrected chi connectivity index (χ4v) is 3.72. The Labute approximate surface area is 113 Å². The Morgan fingerprint density at radius 2 is 1.94 bits per heavy atom. The predicted molar refractivity (Wildman–Crippen MR) is 76.7 cm³/mol. The average molecular weight is 253 g/mol. The summed E-state index contributed by atoms with van der Waals surface area (Å²) in [6.45, 7) is 9.00. The van der Waals surface area contributed by atoms with Crippen LogP contribution in [0.3, 0.4) is 0 Å². The number of nitrogens with one attached hydrogen (secondary N) is 1. The first kappa shape index (κ1) is 14.3. The molecule has 0 radical (unpaired) electrons. The molecule has 0 aromatic rings. The van der Waals surface area contributed by atoms with Crippen LogP contribution >= 0.6 is 0 Å². The van der Waals surface area contributed by atoms with Crippen molar-refractivity contribution >= 4 is 0 Å². The second-order valence-electron chi connectivity index (χ2n) is 6.64. The first-order valence-electron chi connectivity index (χ1n) is 8.05. The summed E-state index contributed by atoms with van der Waals surface area (Å²) < 4.78 is 6.25. The van der Waals surface area contributed by atoms with E-state index < -0.39 is 0 Å². The molecule has 18 heavy (non-hydrogen) atoms. The van der Waals surface area contributed by atoms with Crippen molar-refractivity contribution in [3.05, 3.63) is 0 Å². The van der Waals surface area contributed by atoms with Crippen molar-refractivity contribution in [3.63, 3.8) is 0 Å². The van der Waals surface area contributed by atoms with E-state index in [1.165, 1.54) is 38.5 Å². The highest BCUT2D eigenvalue weighted by Crippen LogP contribution is 2.33. The van der Waals surface area contributed by atoms with E-state index >= 15 is 0 Å². The molecule has 2 heteroatoms. The number of likely N-dealkylation sites (N-methyl/N-ethyl adjacent to an activating group) is 1. The monoisotopic (exact) mass is 253 g/mol. The van der Waals surface area contributed by atoms with Gasteiger partial charge < -0.3 is 10.1 Å². The highest BCUT2D eigenvalue weighted by atomic mass is 16.5. The molecule has 0 saturated heterocycles. The molecule has 0 aromatic carbocycles. The van der Waals surface area contributed by atoms with Crippen LogP contribution in [-0.2, 0) is 4.74 Å². The average Bonchev–Trinajstić information content (AvgIpc) is 2.24. The molecule has 4 atom stereocenters. The second kappa shape index (κ2) is 6.91. The Hall–Kier alpha value is -0.0800. The van der Waals surface area contributed by atoms with Gasteiger partial charge in [-0.05, 0) is 43.6 Å². The predicted octanol–water partition coefficient (Wildman–Crippen LogP) is 3.61. The number of ether oxygens (including phenoxy) is 1. The lowest BCUT2D eigenvalue weighted by molar-refractivity contribution is -0.0439. The fraction of sp³-hybridized carbons (Fsp3) is 1.00. The summed E-state index contributed by atoms with van der Waals surface area (Å²) in [5.41, 5.74) is 0. The van der Waals surface area contributed by atoms with Crippen molar-refractivity contribution in [1.29, 1.82) is 0 Å². The molecule has 2 saturated carbocycles. The highest BCUT2D eigenvalue weighted by Gasteiger charge is 2.34. The van der Waals surface area contributed by atoms with Crippen molar-refractivity contribution in [1.82, 2.24) is 5.32 Å². The molecule has 0 amide bonds. The Morgan fingerprint density at radius 3 is 2.56 bits per heavy atom. The zero-order chi connectivity index (χ0) is 13.0. The van der Waals surface area contributed by atoms with Crippen molar-refractivity contribution in [2.45, 2.75) is 71.4 Å². The number of hydrogen-bond acceptors (Lipinski definition) is 2. The van der Waals surface area contributed by atoms with Crippen LogP contribution in [0.4, 0.5) is 0 Å². The molecule has 2 fully saturated rings. The Balaban J connectivity index is 1.77. The van der Waals surface area contributed by atoms with Gasteiger partial charge in [0.15, 0.2) is 0 Å². The van der Waals surface area contributed by atoms with Crippen LogP contribution in [0.25, 0.3) is 0 Å². The minimum atomic E-state index is 0.446. The molecule has 0 heterocycles. The first-order chi connectivity index (χ1) is 8.70. The van der Waals surface area contributed by atoms with E-state index in [4.69, 9.17) is 4.74 Å². The van der Waals surface area contributed by atoms with E-state index in [1.54, 1.807) is 0 Å². The van der Waals surface area contributed by atoms with Crippen LogP contribution < -0.4 is 5.32 Å². The maximum absolute atomic E-state index is 6.25. The van der Waals surface area contributed by atoms with E-state index in [2.05, 4.69) is 26.1 Å². The molecule has 2 aliphatic rings. The second-order valence-corrected chi connectivity index (χ2v) is 6.64. The lowest BCUT2D eigenvalue weighted by atomic mass is 9.78. The molecule has 2 aliphatic carbocycles. The molecule has 2 rings (SSSR count). The van der Waals surface area contributed by atoms with Gasteiger partial charge in [0.1, 0.15) is 0 Å². The standard InChI is InChI=1S/C16H31NO/c1-4-17-15-11-12(2)10-13(3)16(15)18-9-8-14-6-5-7-14/h12-17H,4-11H2,1-3H3. The maximum Gasteiger partial charge on any atom is 0.0753 e. The summed E-state index contributed by atoms with van der Waals surface area (Å²) in [5.74, 6) is 2.52. The fourth-order valence-electron chi connectivity index (χ4n) is 3.72. The van der Waals surface area contributed by atoms with Gasteiger partial charge in [-0.3, -0.25) is 0 Å². The van der Waals surface area contributed by atoms with Gasteiger partial charge in [-0.2, -0.15) is 0 Å². The molecule has 4 unspecified atom stereocenters. The third-order valence-electron chi connectivity index (χ3n) is 4.92. The molecular formula is C16H31NO. The van der Waals surface area contributed by atoms with Gasteiger partial charge in [0.05, 0.1) is 6.10 Å². The molecule has 0 spiro atoms. The Kier molecular flexibility index (Phi) is 5.50. The van der Waals surface area contributed by atoms with Crippen LogP contribution in [0.2, 0.25) is 0 Å². The minimum absolute atomic E-state index is 0.446. The van der Waals surface area contributed by atoms with Crippen molar-refractivity contribution < 1.29 is 4.74 Å². The normalized spacial score (nSPS) is 37.5. The molecular weight excluding hydrogens is 222 g/mol. The molecule has 0 aromatic heterocycles. The zero-order valence-corrected chi connectivity index (χ0v) is 12.5. The lowest BCUT2D eigenvalue weighted by Gasteiger charge is -2.40. The third kappa shape index (κ3) is 3.71. The number of hydrogen-bond donors (Lipinski definition) is 1. The zero-order valence-electron chi connectivity index (χ0n) is 12.5.